The second-order valence-electron chi connectivity index (χ2n) is 2.27. The summed E-state index contributed by atoms with van der Waals surface area (Å²) in [5.41, 5.74) is 0. The first-order chi connectivity index (χ1) is 4.68. The number of ether oxygens (including phenoxy) is 1. The molecule has 1 unspecified atom stereocenters. The Bertz CT molecular complexity index is 55.2. The molecule has 0 amide bonds. The van der Waals surface area contributed by atoms with Gasteiger partial charge in [-0.1, -0.05) is 13.8 Å². The van der Waals surface area contributed by atoms with Gasteiger partial charge in [0, 0.05) is 13.2 Å². The Morgan fingerprint density at radius 2 is 1.70 bits per heavy atom. The van der Waals surface area contributed by atoms with Gasteiger partial charge in [0.25, 0.3) is 0 Å². The molecule has 0 rings (SSSR count). The second kappa shape index (κ2) is 8.92. The van der Waals surface area contributed by atoms with Crippen molar-refractivity contribution in [1.82, 2.24) is 4.90 Å². The highest BCUT2D eigenvalue weighted by Gasteiger charge is 2.00. The molecule has 0 aliphatic heterocycles. The summed E-state index contributed by atoms with van der Waals surface area (Å²) in [5, 5.41) is 0. The summed E-state index contributed by atoms with van der Waals surface area (Å²) < 4.78 is 4.92. The van der Waals surface area contributed by atoms with Gasteiger partial charge >= 0.3 is 0 Å². The molecule has 0 aliphatic carbocycles. The predicted octanol–water partition coefficient (Wildman–Crippen LogP) is 1.61. The summed E-state index contributed by atoms with van der Waals surface area (Å²) in [7, 11) is 5.81. The molecule has 0 bridgehead atoms. The van der Waals surface area contributed by atoms with E-state index in [-0.39, 0.29) is 0 Å². The Hall–Kier alpha value is -0.0800. The number of likely N-dealkylation sites (N-methyl/N-ethyl adjacent to an activating group) is 1. The van der Waals surface area contributed by atoms with Gasteiger partial charge < -0.3 is 9.64 Å². The summed E-state index contributed by atoms with van der Waals surface area (Å²) in [6.45, 7) is 6.94. The summed E-state index contributed by atoms with van der Waals surface area (Å²) in [4.78, 5) is 2.13. The van der Waals surface area contributed by atoms with Crippen LogP contribution in [-0.2, 0) is 4.74 Å². The maximum absolute atomic E-state index is 4.92. The van der Waals surface area contributed by atoms with E-state index < -0.39 is 0 Å². The van der Waals surface area contributed by atoms with Crippen molar-refractivity contribution < 1.29 is 4.74 Å². The van der Waals surface area contributed by atoms with E-state index in [0.29, 0.717) is 6.04 Å². The van der Waals surface area contributed by atoms with Crippen molar-refractivity contribution in [3.8, 4) is 0 Å². The van der Waals surface area contributed by atoms with Crippen molar-refractivity contribution in [3.63, 3.8) is 0 Å². The number of methoxy groups -OCH3 is 1. The lowest BCUT2D eigenvalue weighted by Gasteiger charge is -2.17. The smallest absolute Gasteiger partial charge is 0.0615 e. The van der Waals surface area contributed by atoms with Crippen LogP contribution in [0, 0.1) is 0 Å². The summed E-state index contributed by atoms with van der Waals surface area (Å²) in [5.74, 6) is 0. The summed E-state index contributed by atoms with van der Waals surface area (Å²) >= 11 is 0. The van der Waals surface area contributed by atoms with Gasteiger partial charge in [-0.05, 0) is 21.0 Å². The van der Waals surface area contributed by atoms with E-state index in [1.807, 2.05) is 27.9 Å². The fraction of sp³-hybridized carbons (Fsp3) is 1.00. The van der Waals surface area contributed by atoms with Gasteiger partial charge in [-0.15, -0.1) is 0 Å². The first kappa shape index (κ1) is 12.6. The average molecular weight is 147 g/mol. The zero-order valence-corrected chi connectivity index (χ0v) is 8.14. The van der Waals surface area contributed by atoms with Crippen LogP contribution in [0.15, 0.2) is 0 Å². The predicted molar refractivity (Wildman–Crippen MR) is 46.4 cm³/mol. The molecule has 0 aromatic rings. The van der Waals surface area contributed by atoms with Crippen LogP contribution >= 0.6 is 0 Å². The van der Waals surface area contributed by atoms with Crippen molar-refractivity contribution in [2.45, 2.75) is 26.8 Å². The number of rotatable bonds is 3. The van der Waals surface area contributed by atoms with E-state index in [0.717, 1.165) is 6.61 Å². The highest BCUT2D eigenvalue weighted by atomic mass is 16.5. The highest BCUT2D eigenvalue weighted by molar-refractivity contribution is 4.55. The van der Waals surface area contributed by atoms with Gasteiger partial charge in [0.1, 0.15) is 0 Å². The Kier molecular flexibility index (Phi) is 11.2. The highest BCUT2D eigenvalue weighted by Crippen LogP contribution is 1.89. The van der Waals surface area contributed by atoms with Crippen LogP contribution in [-0.4, -0.2) is 38.8 Å². The van der Waals surface area contributed by atoms with Crippen molar-refractivity contribution in [2.24, 2.45) is 0 Å². The van der Waals surface area contributed by atoms with E-state index in [9.17, 15) is 0 Å². The molecule has 0 fully saturated rings. The molecule has 2 heteroatoms. The lowest BCUT2D eigenvalue weighted by atomic mass is 10.3. The first-order valence-electron chi connectivity index (χ1n) is 3.84. The number of hydrogen-bond acceptors (Lipinski definition) is 2. The summed E-state index contributed by atoms with van der Waals surface area (Å²) in [6, 6.07) is 0.528. The van der Waals surface area contributed by atoms with Gasteiger partial charge in [0.05, 0.1) is 6.61 Å². The molecule has 2 nitrogen and oxygen atoms in total. The minimum Gasteiger partial charge on any atom is -0.383 e. The molecular formula is C8H21NO. The second-order valence-corrected chi connectivity index (χ2v) is 2.27. The van der Waals surface area contributed by atoms with Gasteiger partial charge in [-0.3, -0.25) is 0 Å². The monoisotopic (exact) mass is 147 g/mol. The lowest BCUT2D eigenvalue weighted by molar-refractivity contribution is 0.129. The SMILES string of the molecule is CC.COCC(C)N(C)C. The Balaban J connectivity index is 0. The quantitative estimate of drug-likeness (QED) is 0.601. The molecule has 0 saturated carbocycles. The Labute approximate surface area is 65.2 Å². The Morgan fingerprint density at radius 3 is 1.80 bits per heavy atom. The van der Waals surface area contributed by atoms with Gasteiger partial charge in [-0.2, -0.15) is 0 Å². The van der Waals surface area contributed by atoms with Gasteiger partial charge in [-0.25, -0.2) is 0 Å². The molecule has 64 valence electrons. The molecular weight excluding hydrogens is 126 g/mol. The third-order valence-electron chi connectivity index (χ3n) is 1.29. The number of nitrogens with zero attached hydrogens (tertiary/aromatic N) is 1. The average Bonchev–Trinajstić information content (AvgIpc) is 1.93. The molecule has 0 spiro atoms. The standard InChI is InChI=1S/C6H15NO.C2H6/c1-6(5-8-4)7(2)3;1-2/h6H,5H2,1-4H3;1-2H3. The molecule has 0 heterocycles. The molecule has 0 aliphatic rings. The van der Waals surface area contributed by atoms with Crippen LogP contribution in [0.3, 0.4) is 0 Å². The summed E-state index contributed by atoms with van der Waals surface area (Å²) in [6.07, 6.45) is 0. The van der Waals surface area contributed by atoms with Crippen LogP contribution in [0.25, 0.3) is 0 Å². The molecule has 10 heavy (non-hydrogen) atoms. The van der Waals surface area contributed by atoms with Crippen LogP contribution in [0.1, 0.15) is 20.8 Å². The topological polar surface area (TPSA) is 12.5 Å². The van der Waals surface area contributed by atoms with Crippen LogP contribution in [0.5, 0.6) is 0 Å². The van der Waals surface area contributed by atoms with Crippen LogP contribution < -0.4 is 0 Å². The van der Waals surface area contributed by atoms with E-state index in [4.69, 9.17) is 4.74 Å². The third kappa shape index (κ3) is 7.92. The zero-order chi connectivity index (χ0) is 8.57. The molecule has 0 aromatic heterocycles. The molecule has 0 aromatic carbocycles. The fourth-order valence-corrected chi connectivity index (χ4v) is 0.390. The molecule has 0 radical (unpaired) electrons. The lowest BCUT2D eigenvalue weighted by Crippen LogP contribution is -2.28. The maximum atomic E-state index is 4.92. The van der Waals surface area contributed by atoms with E-state index >= 15 is 0 Å². The van der Waals surface area contributed by atoms with Crippen LogP contribution in [0.4, 0.5) is 0 Å². The normalized spacial score (nSPS) is 12.3. The maximum Gasteiger partial charge on any atom is 0.0615 e. The largest absolute Gasteiger partial charge is 0.383 e. The van der Waals surface area contributed by atoms with E-state index in [2.05, 4.69) is 11.8 Å². The van der Waals surface area contributed by atoms with Crippen molar-refractivity contribution in [3.05, 3.63) is 0 Å². The minimum absolute atomic E-state index is 0.528. The van der Waals surface area contributed by atoms with Crippen molar-refractivity contribution >= 4 is 0 Å². The van der Waals surface area contributed by atoms with E-state index in [1.165, 1.54) is 0 Å². The molecule has 1 atom stereocenters. The van der Waals surface area contributed by atoms with Crippen LogP contribution in [0.2, 0.25) is 0 Å². The third-order valence-corrected chi connectivity index (χ3v) is 1.29. The first-order valence-corrected chi connectivity index (χ1v) is 3.84. The number of hydrogen-bond donors (Lipinski definition) is 0. The fourth-order valence-electron chi connectivity index (χ4n) is 0.390. The van der Waals surface area contributed by atoms with Crippen molar-refractivity contribution in [2.75, 3.05) is 27.8 Å². The van der Waals surface area contributed by atoms with E-state index in [1.54, 1.807) is 7.11 Å². The van der Waals surface area contributed by atoms with Gasteiger partial charge in [0.2, 0.25) is 0 Å². The van der Waals surface area contributed by atoms with Crippen molar-refractivity contribution in [1.29, 1.82) is 0 Å². The van der Waals surface area contributed by atoms with Gasteiger partial charge in [0.15, 0.2) is 0 Å². The molecule has 0 N–H and O–H groups in total. The molecule has 0 saturated heterocycles. The Morgan fingerprint density at radius 1 is 1.30 bits per heavy atom. The zero-order valence-electron chi connectivity index (χ0n) is 8.14. The minimum atomic E-state index is 0.528.